The van der Waals surface area contributed by atoms with E-state index in [0.29, 0.717) is 21.1 Å². The SMILES string of the molecule is COC(=O)c1ccccc1NC(=O)c1sc(=S)n(-c2ccc(OC)cc2)c1N. The summed E-state index contributed by atoms with van der Waals surface area (Å²) in [5, 5.41) is 2.70. The van der Waals surface area contributed by atoms with Gasteiger partial charge < -0.3 is 20.5 Å². The quantitative estimate of drug-likeness (QED) is 0.485. The van der Waals surface area contributed by atoms with Gasteiger partial charge in [0.15, 0.2) is 3.95 Å². The highest BCUT2D eigenvalue weighted by molar-refractivity contribution is 7.73. The molecule has 1 amide bonds. The van der Waals surface area contributed by atoms with Crippen LogP contribution in [0.4, 0.5) is 11.5 Å². The second-order valence-electron chi connectivity index (χ2n) is 5.61. The van der Waals surface area contributed by atoms with Gasteiger partial charge >= 0.3 is 5.97 Å². The van der Waals surface area contributed by atoms with Crippen molar-refractivity contribution in [3.8, 4) is 11.4 Å². The molecular weight excluding hydrogens is 398 g/mol. The molecule has 1 aromatic heterocycles. The van der Waals surface area contributed by atoms with Crippen LogP contribution in [0.3, 0.4) is 0 Å². The van der Waals surface area contributed by atoms with Crippen molar-refractivity contribution in [1.82, 2.24) is 4.57 Å². The van der Waals surface area contributed by atoms with E-state index in [1.165, 1.54) is 7.11 Å². The van der Waals surface area contributed by atoms with Gasteiger partial charge in [0.1, 0.15) is 16.4 Å². The first kappa shape index (κ1) is 19.6. The van der Waals surface area contributed by atoms with Crippen LogP contribution in [-0.4, -0.2) is 30.7 Å². The fourth-order valence-corrected chi connectivity index (χ4v) is 3.85. The molecule has 0 unspecified atom stereocenters. The molecule has 0 fully saturated rings. The van der Waals surface area contributed by atoms with Crippen molar-refractivity contribution in [2.45, 2.75) is 0 Å². The molecule has 0 saturated carbocycles. The first-order valence-corrected chi connectivity index (χ1v) is 9.33. The van der Waals surface area contributed by atoms with Gasteiger partial charge in [-0.1, -0.05) is 23.5 Å². The van der Waals surface area contributed by atoms with Crippen molar-refractivity contribution in [3.63, 3.8) is 0 Å². The molecule has 144 valence electrons. The number of aromatic nitrogens is 1. The van der Waals surface area contributed by atoms with Crippen LogP contribution < -0.4 is 15.8 Å². The lowest BCUT2D eigenvalue weighted by atomic mass is 10.2. The number of nitrogens with one attached hydrogen (secondary N) is 1. The summed E-state index contributed by atoms with van der Waals surface area (Å²) in [6.07, 6.45) is 0. The first-order chi connectivity index (χ1) is 13.5. The van der Waals surface area contributed by atoms with Crippen LogP contribution in [0.1, 0.15) is 20.0 Å². The molecule has 0 aliphatic carbocycles. The zero-order chi connectivity index (χ0) is 20.3. The highest BCUT2D eigenvalue weighted by atomic mass is 32.1. The van der Waals surface area contributed by atoms with E-state index >= 15 is 0 Å². The number of ether oxygens (including phenoxy) is 2. The maximum Gasteiger partial charge on any atom is 0.339 e. The van der Waals surface area contributed by atoms with Crippen molar-refractivity contribution in [1.29, 1.82) is 0 Å². The number of carbonyl (C=O) groups is 2. The van der Waals surface area contributed by atoms with E-state index < -0.39 is 11.9 Å². The average molecular weight is 415 g/mol. The fourth-order valence-electron chi connectivity index (χ4n) is 2.58. The zero-order valence-electron chi connectivity index (χ0n) is 15.1. The lowest BCUT2D eigenvalue weighted by Gasteiger charge is -2.10. The number of nitrogens with two attached hydrogens (primary N) is 1. The molecule has 3 rings (SSSR count). The molecule has 3 N–H and O–H groups in total. The first-order valence-electron chi connectivity index (χ1n) is 8.10. The third-order valence-electron chi connectivity index (χ3n) is 3.96. The van der Waals surface area contributed by atoms with Crippen LogP contribution in [0.5, 0.6) is 5.75 Å². The van der Waals surface area contributed by atoms with Crippen molar-refractivity contribution in [3.05, 3.63) is 62.9 Å². The Morgan fingerprint density at radius 3 is 2.43 bits per heavy atom. The van der Waals surface area contributed by atoms with Gasteiger partial charge in [-0.25, -0.2) is 4.79 Å². The molecule has 0 aliphatic rings. The van der Waals surface area contributed by atoms with Gasteiger partial charge in [-0.2, -0.15) is 0 Å². The molecule has 0 radical (unpaired) electrons. The summed E-state index contributed by atoms with van der Waals surface area (Å²) >= 11 is 6.48. The number of thiazole rings is 1. The van der Waals surface area contributed by atoms with Crippen molar-refractivity contribution >= 4 is 46.9 Å². The standard InChI is InChI=1S/C19H17N3O4S2/c1-25-12-9-7-11(8-10-12)22-16(20)15(28-19(22)27)17(23)21-14-6-4-3-5-13(14)18(24)26-2/h3-10H,20H2,1-2H3,(H,21,23). The number of hydrogen-bond donors (Lipinski definition) is 2. The number of methoxy groups -OCH3 is 2. The highest BCUT2D eigenvalue weighted by Crippen LogP contribution is 2.28. The van der Waals surface area contributed by atoms with Crippen molar-refractivity contribution < 1.29 is 19.1 Å². The molecule has 0 spiro atoms. The van der Waals surface area contributed by atoms with Crippen LogP contribution in [0.25, 0.3) is 5.69 Å². The molecule has 1 heterocycles. The minimum Gasteiger partial charge on any atom is -0.497 e. The number of anilines is 2. The van der Waals surface area contributed by atoms with E-state index in [9.17, 15) is 9.59 Å². The monoisotopic (exact) mass is 415 g/mol. The van der Waals surface area contributed by atoms with E-state index in [1.54, 1.807) is 60.2 Å². The average Bonchev–Trinajstić information content (AvgIpc) is 3.02. The molecule has 3 aromatic rings. The predicted octanol–water partition coefficient (Wildman–Crippen LogP) is 3.90. The van der Waals surface area contributed by atoms with Gasteiger partial charge in [0.25, 0.3) is 5.91 Å². The Morgan fingerprint density at radius 1 is 1.11 bits per heavy atom. The second kappa shape index (κ2) is 8.24. The number of carbonyl (C=O) groups excluding carboxylic acids is 2. The van der Waals surface area contributed by atoms with Gasteiger partial charge in [0.2, 0.25) is 0 Å². The van der Waals surface area contributed by atoms with Crippen LogP contribution in [-0.2, 0) is 4.74 Å². The molecular formula is C19H17N3O4S2. The van der Waals surface area contributed by atoms with Crippen molar-refractivity contribution in [2.75, 3.05) is 25.3 Å². The van der Waals surface area contributed by atoms with E-state index in [1.807, 2.05) is 0 Å². The third-order valence-corrected chi connectivity index (χ3v) is 5.35. The van der Waals surface area contributed by atoms with Gasteiger partial charge in [-0.15, -0.1) is 0 Å². The summed E-state index contributed by atoms with van der Waals surface area (Å²) in [6.45, 7) is 0. The van der Waals surface area contributed by atoms with Crippen LogP contribution in [0, 0.1) is 3.95 Å². The number of hydrogen-bond acceptors (Lipinski definition) is 7. The maximum atomic E-state index is 12.8. The minimum atomic E-state index is -0.549. The van der Waals surface area contributed by atoms with E-state index in [0.717, 1.165) is 11.3 Å². The summed E-state index contributed by atoms with van der Waals surface area (Å²) in [5.74, 6) is -0.0980. The van der Waals surface area contributed by atoms with E-state index in [-0.39, 0.29) is 16.3 Å². The van der Waals surface area contributed by atoms with Gasteiger partial charge in [-0.05, 0) is 48.6 Å². The Bertz CT molecular complexity index is 1090. The minimum absolute atomic E-state index is 0.216. The van der Waals surface area contributed by atoms with E-state index in [4.69, 9.17) is 27.4 Å². The zero-order valence-corrected chi connectivity index (χ0v) is 16.7. The molecule has 28 heavy (non-hydrogen) atoms. The number of benzene rings is 2. The number of esters is 1. The van der Waals surface area contributed by atoms with Gasteiger partial charge in [0, 0.05) is 5.69 Å². The van der Waals surface area contributed by atoms with E-state index in [2.05, 4.69) is 5.32 Å². The Kier molecular flexibility index (Phi) is 5.76. The number of amides is 1. The van der Waals surface area contributed by atoms with Crippen molar-refractivity contribution in [2.24, 2.45) is 0 Å². The molecule has 2 aromatic carbocycles. The summed E-state index contributed by atoms with van der Waals surface area (Å²) < 4.78 is 11.9. The maximum absolute atomic E-state index is 12.8. The second-order valence-corrected chi connectivity index (χ2v) is 7.25. The topological polar surface area (TPSA) is 95.6 Å². The van der Waals surface area contributed by atoms with Gasteiger partial charge in [-0.3, -0.25) is 9.36 Å². The molecule has 7 nitrogen and oxygen atoms in total. The molecule has 9 heteroatoms. The number of nitrogen functional groups attached to an aromatic ring is 1. The fraction of sp³-hybridized carbons (Fsp3) is 0.105. The summed E-state index contributed by atoms with van der Waals surface area (Å²) in [7, 11) is 2.85. The molecule has 0 saturated heterocycles. The summed E-state index contributed by atoms with van der Waals surface area (Å²) in [6, 6.07) is 13.7. The summed E-state index contributed by atoms with van der Waals surface area (Å²) in [5.41, 5.74) is 7.50. The number of para-hydroxylation sites is 1. The van der Waals surface area contributed by atoms with Crippen LogP contribution in [0.2, 0.25) is 0 Å². The number of nitrogens with zero attached hydrogens (tertiary/aromatic N) is 1. The number of rotatable bonds is 5. The Labute approximate surface area is 170 Å². The molecule has 0 aliphatic heterocycles. The molecule has 0 atom stereocenters. The summed E-state index contributed by atoms with van der Waals surface area (Å²) in [4.78, 5) is 24.9. The molecule has 0 bridgehead atoms. The van der Waals surface area contributed by atoms with Crippen LogP contribution >= 0.6 is 23.6 Å². The lowest BCUT2D eigenvalue weighted by Crippen LogP contribution is -2.16. The van der Waals surface area contributed by atoms with Crippen LogP contribution in [0.15, 0.2) is 48.5 Å². The highest BCUT2D eigenvalue weighted by Gasteiger charge is 2.20. The third kappa shape index (κ3) is 3.75. The Morgan fingerprint density at radius 2 is 1.79 bits per heavy atom. The largest absolute Gasteiger partial charge is 0.497 e. The Balaban J connectivity index is 1.94. The smallest absolute Gasteiger partial charge is 0.339 e. The normalized spacial score (nSPS) is 10.4. The lowest BCUT2D eigenvalue weighted by molar-refractivity contribution is 0.0602. The van der Waals surface area contributed by atoms with Gasteiger partial charge in [0.05, 0.1) is 25.5 Å². The predicted molar refractivity (Wildman–Crippen MR) is 111 cm³/mol. The Hall–Kier alpha value is -3.17.